The van der Waals surface area contributed by atoms with Crippen LogP contribution in [0.1, 0.15) is 44.1 Å². The van der Waals surface area contributed by atoms with Crippen molar-refractivity contribution < 1.29 is 19.1 Å². The molecule has 0 spiro atoms. The Bertz CT molecular complexity index is 628. The molecule has 1 fully saturated rings. The smallest absolute Gasteiger partial charge is 0.220 e. The second kappa shape index (κ2) is 8.23. The van der Waals surface area contributed by atoms with Crippen LogP contribution in [0.2, 0.25) is 0 Å². The molecule has 1 saturated carbocycles. The molecule has 0 aromatic heterocycles. The van der Waals surface area contributed by atoms with Gasteiger partial charge in [0.15, 0.2) is 11.5 Å². The fraction of sp³-hybridized carbons (Fsp3) is 0.579. The summed E-state index contributed by atoms with van der Waals surface area (Å²) in [5, 5.41) is 5.68. The van der Waals surface area contributed by atoms with Gasteiger partial charge in [-0.05, 0) is 48.8 Å². The second-order valence-electron chi connectivity index (χ2n) is 6.74. The highest BCUT2D eigenvalue weighted by atomic mass is 16.6. The van der Waals surface area contributed by atoms with E-state index in [1.165, 1.54) is 19.8 Å². The fourth-order valence-corrected chi connectivity index (χ4v) is 3.20. The lowest BCUT2D eigenvalue weighted by Gasteiger charge is -2.22. The van der Waals surface area contributed by atoms with E-state index in [0.29, 0.717) is 38.6 Å². The maximum atomic E-state index is 12.3. The summed E-state index contributed by atoms with van der Waals surface area (Å²) in [4.78, 5) is 23.1. The Morgan fingerprint density at radius 1 is 1.12 bits per heavy atom. The van der Waals surface area contributed by atoms with Crippen LogP contribution in [0.5, 0.6) is 11.5 Å². The van der Waals surface area contributed by atoms with Gasteiger partial charge in [0.2, 0.25) is 11.8 Å². The molecule has 136 valence electrons. The molecule has 25 heavy (non-hydrogen) atoms. The van der Waals surface area contributed by atoms with Crippen molar-refractivity contribution >= 4 is 11.8 Å². The van der Waals surface area contributed by atoms with Crippen molar-refractivity contribution in [2.75, 3.05) is 26.3 Å². The third-order valence-electron chi connectivity index (χ3n) is 4.64. The Kier molecular flexibility index (Phi) is 5.79. The lowest BCUT2D eigenvalue weighted by Crippen LogP contribution is -2.29. The number of benzene rings is 1. The van der Waals surface area contributed by atoms with Crippen LogP contribution in [-0.4, -0.2) is 38.1 Å². The number of hydrogen-bond donors (Lipinski definition) is 2. The van der Waals surface area contributed by atoms with E-state index in [-0.39, 0.29) is 17.7 Å². The molecule has 3 rings (SSSR count). The van der Waals surface area contributed by atoms with E-state index in [1.807, 2.05) is 12.1 Å². The predicted molar refractivity (Wildman–Crippen MR) is 93.8 cm³/mol. The minimum Gasteiger partial charge on any atom is -0.486 e. The molecule has 1 aliphatic heterocycles. The van der Waals surface area contributed by atoms with E-state index in [0.717, 1.165) is 23.5 Å². The highest BCUT2D eigenvalue weighted by Crippen LogP contribution is 2.46. The van der Waals surface area contributed by atoms with E-state index < -0.39 is 0 Å². The van der Waals surface area contributed by atoms with E-state index in [2.05, 4.69) is 16.7 Å². The third kappa shape index (κ3) is 5.11. The van der Waals surface area contributed by atoms with E-state index in [9.17, 15) is 9.59 Å². The zero-order valence-corrected chi connectivity index (χ0v) is 14.7. The highest BCUT2D eigenvalue weighted by Gasteiger charge is 2.34. The van der Waals surface area contributed by atoms with Gasteiger partial charge in [-0.2, -0.15) is 0 Å². The SMILES string of the molecule is CC(=O)NCCCNC(=O)CC(c1ccc2c(c1)OCCO2)C1CC1. The quantitative estimate of drug-likeness (QED) is 0.706. The van der Waals surface area contributed by atoms with Gasteiger partial charge in [0.1, 0.15) is 13.2 Å². The highest BCUT2D eigenvalue weighted by molar-refractivity contribution is 5.77. The number of fused-ring (bicyclic) bond motifs is 1. The van der Waals surface area contributed by atoms with Crippen LogP contribution in [0.3, 0.4) is 0 Å². The molecule has 1 unspecified atom stereocenters. The molecule has 1 aromatic carbocycles. The summed E-state index contributed by atoms with van der Waals surface area (Å²) >= 11 is 0. The molecule has 2 N–H and O–H groups in total. The lowest BCUT2D eigenvalue weighted by atomic mass is 9.90. The first-order chi connectivity index (χ1) is 12.1. The van der Waals surface area contributed by atoms with Gasteiger partial charge >= 0.3 is 0 Å². The summed E-state index contributed by atoms with van der Waals surface area (Å²) in [5.41, 5.74) is 1.15. The van der Waals surface area contributed by atoms with Gasteiger partial charge in [0.05, 0.1) is 0 Å². The van der Waals surface area contributed by atoms with Gasteiger partial charge in [0.25, 0.3) is 0 Å². The standard InChI is InChI=1S/C19H26N2O4/c1-13(22)20-7-2-8-21-19(23)12-16(14-3-4-14)15-5-6-17-18(11-15)25-10-9-24-17/h5-6,11,14,16H,2-4,7-10,12H2,1H3,(H,20,22)(H,21,23). The minimum atomic E-state index is -0.0428. The van der Waals surface area contributed by atoms with Crippen molar-refractivity contribution in [1.29, 1.82) is 0 Å². The van der Waals surface area contributed by atoms with E-state index >= 15 is 0 Å². The van der Waals surface area contributed by atoms with Crippen molar-refractivity contribution in [2.24, 2.45) is 5.92 Å². The number of nitrogens with one attached hydrogen (secondary N) is 2. The molecule has 1 atom stereocenters. The topological polar surface area (TPSA) is 76.7 Å². The first-order valence-corrected chi connectivity index (χ1v) is 9.04. The average molecular weight is 346 g/mol. The van der Waals surface area contributed by atoms with Crippen molar-refractivity contribution in [3.05, 3.63) is 23.8 Å². The van der Waals surface area contributed by atoms with Gasteiger partial charge < -0.3 is 20.1 Å². The monoisotopic (exact) mass is 346 g/mol. The fourth-order valence-electron chi connectivity index (χ4n) is 3.20. The Morgan fingerprint density at radius 2 is 1.84 bits per heavy atom. The zero-order valence-electron chi connectivity index (χ0n) is 14.7. The number of amides is 2. The van der Waals surface area contributed by atoms with Crippen LogP contribution >= 0.6 is 0 Å². The summed E-state index contributed by atoms with van der Waals surface area (Å²) in [6.07, 6.45) is 3.58. The number of rotatable bonds is 8. The molecule has 2 aliphatic rings. The first kappa shape index (κ1) is 17.6. The van der Waals surface area contributed by atoms with Crippen molar-refractivity contribution in [2.45, 2.75) is 38.5 Å². The summed E-state index contributed by atoms with van der Waals surface area (Å²) in [7, 11) is 0. The van der Waals surface area contributed by atoms with Gasteiger partial charge in [0, 0.05) is 26.4 Å². The molecule has 2 amide bonds. The first-order valence-electron chi connectivity index (χ1n) is 9.04. The van der Waals surface area contributed by atoms with Crippen LogP contribution in [-0.2, 0) is 9.59 Å². The van der Waals surface area contributed by atoms with Gasteiger partial charge in [-0.15, -0.1) is 0 Å². The normalized spacial score (nSPS) is 16.8. The van der Waals surface area contributed by atoms with Gasteiger partial charge in [-0.1, -0.05) is 6.07 Å². The summed E-state index contributed by atoms with van der Waals surface area (Å²) in [6, 6.07) is 6.03. The molecule has 1 heterocycles. The number of hydrogen-bond acceptors (Lipinski definition) is 4. The Labute approximate surface area is 148 Å². The molecule has 6 heteroatoms. The van der Waals surface area contributed by atoms with Crippen LogP contribution in [0.4, 0.5) is 0 Å². The molecular formula is C19H26N2O4. The summed E-state index contributed by atoms with van der Waals surface area (Å²) in [6.45, 7) is 3.81. The minimum absolute atomic E-state index is 0.0428. The number of carbonyl (C=O) groups excluding carboxylic acids is 2. The molecule has 0 saturated heterocycles. The van der Waals surface area contributed by atoms with Gasteiger partial charge in [-0.3, -0.25) is 9.59 Å². The van der Waals surface area contributed by atoms with Crippen molar-refractivity contribution in [1.82, 2.24) is 10.6 Å². The predicted octanol–water partition coefficient (Wildman–Crippen LogP) is 1.98. The Morgan fingerprint density at radius 3 is 2.56 bits per heavy atom. The second-order valence-corrected chi connectivity index (χ2v) is 6.74. The van der Waals surface area contributed by atoms with Crippen LogP contribution in [0.15, 0.2) is 18.2 Å². The van der Waals surface area contributed by atoms with Crippen molar-refractivity contribution in [3.63, 3.8) is 0 Å². The third-order valence-corrected chi connectivity index (χ3v) is 4.64. The average Bonchev–Trinajstić information content (AvgIpc) is 3.43. The largest absolute Gasteiger partial charge is 0.486 e. The summed E-state index contributed by atoms with van der Waals surface area (Å²) < 4.78 is 11.2. The lowest BCUT2D eigenvalue weighted by molar-refractivity contribution is -0.121. The van der Waals surface area contributed by atoms with Crippen molar-refractivity contribution in [3.8, 4) is 11.5 Å². The maximum Gasteiger partial charge on any atom is 0.220 e. The summed E-state index contributed by atoms with van der Waals surface area (Å²) in [5.74, 6) is 2.39. The van der Waals surface area contributed by atoms with Crippen LogP contribution in [0, 0.1) is 5.92 Å². The number of ether oxygens (including phenoxy) is 2. The van der Waals surface area contributed by atoms with Gasteiger partial charge in [-0.25, -0.2) is 0 Å². The molecule has 6 nitrogen and oxygen atoms in total. The molecule has 0 bridgehead atoms. The zero-order chi connectivity index (χ0) is 17.6. The molecule has 0 radical (unpaired) electrons. The van der Waals surface area contributed by atoms with Crippen LogP contribution in [0.25, 0.3) is 0 Å². The molecule has 1 aliphatic carbocycles. The Balaban J connectivity index is 1.53. The maximum absolute atomic E-state index is 12.3. The van der Waals surface area contributed by atoms with E-state index in [4.69, 9.17) is 9.47 Å². The number of carbonyl (C=O) groups is 2. The molecule has 1 aromatic rings. The van der Waals surface area contributed by atoms with E-state index in [1.54, 1.807) is 0 Å². The molecular weight excluding hydrogens is 320 g/mol. The Hall–Kier alpha value is -2.24. The van der Waals surface area contributed by atoms with Crippen LogP contribution < -0.4 is 20.1 Å².